The fourth-order valence-corrected chi connectivity index (χ4v) is 2.87. The molecule has 1 aliphatic rings. The Balaban J connectivity index is 2.65. The number of hydrogen-bond acceptors (Lipinski definition) is 6. The van der Waals surface area contributed by atoms with E-state index in [1.54, 1.807) is 11.8 Å². The van der Waals surface area contributed by atoms with Gasteiger partial charge in [-0.3, -0.25) is 14.4 Å². The molecular formula is C11H17NO5S. The number of rotatable bonds is 5. The summed E-state index contributed by atoms with van der Waals surface area (Å²) in [6.45, 7) is -0.441. The van der Waals surface area contributed by atoms with Crippen LogP contribution in [0.1, 0.15) is 12.8 Å². The van der Waals surface area contributed by atoms with Crippen molar-refractivity contribution in [2.24, 2.45) is 0 Å². The minimum atomic E-state index is -0.546. The van der Waals surface area contributed by atoms with E-state index in [2.05, 4.69) is 9.47 Å². The van der Waals surface area contributed by atoms with Crippen molar-refractivity contribution in [2.45, 2.75) is 18.1 Å². The summed E-state index contributed by atoms with van der Waals surface area (Å²) >= 11 is 1.55. The Kier molecular flexibility index (Phi) is 5.97. The van der Waals surface area contributed by atoms with Gasteiger partial charge in [-0.05, 0) is 18.6 Å². The SMILES string of the molecule is COC(=O)CN(CC(=O)OC)C(=O)C1CCCS1. The summed E-state index contributed by atoms with van der Waals surface area (Å²) in [7, 11) is 2.49. The van der Waals surface area contributed by atoms with Crippen LogP contribution in [-0.4, -0.2) is 61.1 Å². The van der Waals surface area contributed by atoms with Gasteiger partial charge in [-0.15, -0.1) is 11.8 Å². The zero-order valence-electron chi connectivity index (χ0n) is 10.5. The number of methoxy groups -OCH3 is 2. The molecule has 6 nitrogen and oxygen atoms in total. The van der Waals surface area contributed by atoms with Crippen molar-refractivity contribution in [2.75, 3.05) is 33.1 Å². The first-order valence-corrected chi connectivity index (χ1v) is 6.67. The molecule has 0 aromatic carbocycles. The molecule has 0 aliphatic carbocycles. The molecule has 1 aliphatic heterocycles. The average molecular weight is 275 g/mol. The molecule has 0 aromatic rings. The molecule has 1 atom stereocenters. The van der Waals surface area contributed by atoms with Gasteiger partial charge in [0.1, 0.15) is 13.1 Å². The van der Waals surface area contributed by atoms with Crippen LogP contribution in [0.25, 0.3) is 0 Å². The van der Waals surface area contributed by atoms with Gasteiger partial charge in [-0.2, -0.15) is 0 Å². The molecule has 1 rings (SSSR count). The molecule has 102 valence electrons. The van der Waals surface area contributed by atoms with Gasteiger partial charge in [0.15, 0.2) is 0 Å². The minimum Gasteiger partial charge on any atom is -0.468 e. The van der Waals surface area contributed by atoms with Crippen molar-refractivity contribution in [3.63, 3.8) is 0 Å². The summed E-state index contributed by atoms with van der Waals surface area (Å²) in [5, 5.41) is -0.167. The summed E-state index contributed by atoms with van der Waals surface area (Å²) in [4.78, 5) is 35.8. The lowest BCUT2D eigenvalue weighted by Crippen LogP contribution is -2.43. The van der Waals surface area contributed by atoms with Crippen molar-refractivity contribution in [1.29, 1.82) is 0 Å². The highest BCUT2D eigenvalue weighted by molar-refractivity contribution is 8.00. The molecular weight excluding hydrogens is 258 g/mol. The second kappa shape index (κ2) is 7.25. The van der Waals surface area contributed by atoms with Crippen LogP contribution >= 0.6 is 11.8 Å². The number of nitrogens with zero attached hydrogens (tertiary/aromatic N) is 1. The predicted octanol–water partition coefficient (Wildman–Crippen LogP) is 0.0566. The number of hydrogen-bond donors (Lipinski definition) is 0. The fourth-order valence-electron chi connectivity index (χ4n) is 1.63. The first-order chi connectivity index (χ1) is 8.58. The second-order valence-corrected chi connectivity index (χ2v) is 5.16. The molecule has 0 aromatic heterocycles. The molecule has 0 N–H and O–H groups in total. The molecule has 0 spiro atoms. The monoisotopic (exact) mass is 275 g/mol. The quantitative estimate of drug-likeness (QED) is 0.660. The van der Waals surface area contributed by atoms with Crippen molar-refractivity contribution in [3.8, 4) is 0 Å². The molecule has 7 heteroatoms. The largest absolute Gasteiger partial charge is 0.468 e. The van der Waals surface area contributed by atoms with Gasteiger partial charge >= 0.3 is 11.9 Å². The number of ether oxygens (including phenoxy) is 2. The topological polar surface area (TPSA) is 72.9 Å². The number of carbonyl (C=O) groups is 3. The van der Waals surface area contributed by atoms with Crippen LogP contribution < -0.4 is 0 Å². The average Bonchev–Trinajstić information content (AvgIpc) is 2.90. The highest BCUT2D eigenvalue weighted by atomic mass is 32.2. The second-order valence-electron chi connectivity index (χ2n) is 3.85. The van der Waals surface area contributed by atoms with Crippen LogP contribution in [-0.2, 0) is 23.9 Å². The van der Waals surface area contributed by atoms with Crippen LogP contribution in [0.5, 0.6) is 0 Å². The van der Waals surface area contributed by atoms with E-state index in [-0.39, 0.29) is 24.2 Å². The van der Waals surface area contributed by atoms with Crippen LogP contribution in [0, 0.1) is 0 Å². The lowest BCUT2D eigenvalue weighted by atomic mass is 10.2. The van der Waals surface area contributed by atoms with E-state index in [9.17, 15) is 14.4 Å². The number of carbonyl (C=O) groups excluding carboxylic acids is 3. The van der Waals surface area contributed by atoms with Gasteiger partial charge in [-0.1, -0.05) is 0 Å². The fraction of sp³-hybridized carbons (Fsp3) is 0.727. The normalized spacial score (nSPS) is 18.2. The lowest BCUT2D eigenvalue weighted by Gasteiger charge is -2.22. The highest BCUT2D eigenvalue weighted by Gasteiger charge is 2.30. The van der Waals surface area contributed by atoms with Crippen molar-refractivity contribution in [1.82, 2.24) is 4.90 Å². The number of esters is 2. The van der Waals surface area contributed by atoms with E-state index in [0.717, 1.165) is 18.6 Å². The van der Waals surface area contributed by atoms with E-state index in [0.29, 0.717) is 0 Å². The summed E-state index contributed by atoms with van der Waals surface area (Å²) < 4.78 is 9.03. The Morgan fingerprint density at radius 2 is 1.72 bits per heavy atom. The Morgan fingerprint density at radius 3 is 2.11 bits per heavy atom. The van der Waals surface area contributed by atoms with Crippen molar-refractivity contribution in [3.05, 3.63) is 0 Å². The van der Waals surface area contributed by atoms with E-state index in [1.807, 2.05) is 0 Å². The molecule has 1 saturated heterocycles. The highest BCUT2D eigenvalue weighted by Crippen LogP contribution is 2.27. The maximum atomic E-state index is 12.1. The standard InChI is InChI=1S/C11H17NO5S/c1-16-9(13)6-12(7-10(14)17-2)11(15)8-4-3-5-18-8/h8H,3-7H2,1-2H3. The van der Waals surface area contributed by atoms with Gasteiger partial charge in [0.05, 0.1) is 19.5 Å². The van der Waals surface area contributed by atoms with E-state index in [1.165, 1.54) is 19.1 Å². The van der Waals surface area contributed by atoms with Gasteiger partial charge < -0.3 is 14.4 Å². The van der Waals surface area contributed by atoms with Crippen molar-refractivity contribution < 1.29 is 23.9 Å². The lowest BCUT2D eigenvalue weighted by molar-refractivity contribution is -0.151. The maximum absolute atomic E-state index is 12.1. The Hall–Kier alpha value is -1.24. The smallest absolute Gasteiger partial charge is 0.325 e. The first kappa shape index (κ1) is 14.8. The number of thioether (sulfide) groups is 1. The van der Waals surface area contributed by atoms with Crippen LogP contribution in [0.4, 0.5) is 0 Å². The van der Waals surface area contributed by atoms with Crippen molar-refractivity contribution >= 4 is 29.6 Å². The summed E-state index contributed by atoms with van der Waals surface area (Å²) in [6.07, 6.45) is 1.76. The molecule has 1 fully saturated rings. The molecule has 18 heavy (non-hydrogen) atoms. The van der Waals surface area contributed by atoms with Crippen LogP contribution in [0.3, 0.4) is 0 Å². The summed E-state index contributed by atoms with van der Waals surface area (Å²) in [5.41, 5.74) is 0. The Bertz CT molecular complexity index is 309. The molecule has 0 bridgehead atoms. The number of amides is 1. The Labute approximate surface area is 110 Å². The van der Waals surface area contributed by atoms with Gasteiger partial charge in [0.2, 0.25) is 5.91 Å². The predicted molar refractivity (Wildman–Crippen MR) is 66.1 cm³/mol. The van der Waals surface area contributed by atoms with Gasteiger partial charge in [0, 0.05) is 0 Å². The zero-order valence-corrected chi connectivity index (χ0v) is 11.3. The van der Waals surface area contributed by atoms with Crippen LogP contribution in [0.15, 0.2) is 0 Å². The third-order valence-corrected chi connectivity index (χ3v) is 3.98. The molecule has 1 unspecified atom stereocenters. The molecule has 0 radical (unpaired) electrons. The Morgan fingerprint density at radius 1 is 1.17 bits per heavy atom. The van der Waals surface area contributed by atoms with Crippen LogP contribution in [0.2, 0.25) is 0 Å². The molecule has 0 saturated carbocycles. The maximum Gasteiger partial charge on any atom is 0.325 e. The van der Waals surface area contributed by atoms with E-state index >= 15 is 0 Å². The third kappa shape index (κ3) is 4.21. The summed E-state index contributed by atoms with van der Waals surface area (Å²) in [6, 6.07) is 0. The van der Waals surface area contributed by atoms with E-state index < -0.39 is 11.9 Å². The third-order valence-electron chi connectivity index (χ3n) is 2.61. The first-order valence-electron chi connectivity index (χ1n) is 5.62. The molecule has 1 amide bonds. The van der Waals surface area contributed by atoms with Gasteiger partial charge in [0.25, 0.3) is 0 Å². The zero-order chi connectivity index (χ0) is 13.5. The van der Waals surface area contributed by atoms with Gasteiger partial charge in [-0.25, -0.2) is 0 Å². The molecule has 1 heterocycles. The minimum absolute atomic E-state index is 0.167. The van der Waals surface area contributed by atoms with E-state index in [4.69, 9.17) is 0 Å². The summed E-state index contributed by atoms with van der Waals surface area (Å²) in [5.74, 6) is -0.362.